The first-order valence-electron chi connectivity index (χ1n) is 10.9. The first-order chi connectivity index (χ1) is 16.5. The van der Waals surface area contributed by atoms with Gasteiger partial charge in [0.25, 0.3) is 11.8 Å². The van der Waals surface area contributed by atoms with Gasteiger partial charge in [0.05, 0.1) is 30.5 Å². The molecule has 2 N–H and O–H groups in total. The van der Waals surface area contributed by atoms with E-state index >= 15 is 0 Å². The summed E-state index contributed by atoms with van der Waals surface area (Å²) in [7, 11) is 1.28. The number of oxazole rings is 1. The Balaban J connectivity index is 1.47. The highest BCUT2D eigenvalue weighted by Crippen LogP contribution is 2.29. The van der Waals surface area contributed by atoms with Crippen molar-refractivity contribution in [2.24, 2.45) is 0 Å². The molecule has 2 aromatic carbocycles. The van der Waals surface area contributed by atoms with Crippen LogP contribution in [0.2, 0.25) is 0 Å². The third-order valence-electron chi connectivity index (χ3n) is 5.49. The van der Waals surface area contributed by atoms with Gasteiger partial charge in [-0.2, -0.15) is 0 Å². The minimum atomic E-state index is -0.517. The van der Waals surface area contributed by atoms with Gasteiger partial charge in [0.15, 0.2) is 0 Å². The lowest BCUT2D eigenvalue weighted by Gasteiger charge is -2.12. The van der Waals surface area contributed by atoms with E-state index in [0.29, 0.717) is 47.2 Å². The van der Waals surface area contributed by atoms with Crippen LogP contribution in [0.5, 0.6) is 0 Å². The number of hydrogen-bond acceptors (Lipinski definition) is 7. The molecule has 176 valence electrons. The number of aromatic nitrogens is 1. The summed E-state index contributed by atoms with van der Waals surface area (Å²) in [4.78, 5) is 41.3. The molecule has 9 nitrogen and oxygen atoms in total. The second-order valence-corrected chi connectivity index (χ2v) is 7.81. The fourth-order valence-corrected chi connectivity index (χ4v) is 3.65. The number of nitrogens with one attached hydrogen (secondary N) is 2. The van der Waals surface area contributed by atoms with Crippen molar-refractivity contribution in [1.82, 2.24) is 10.3 Å². The second-order valence-electron chi connectivity index (χ2n) is 7.81. The first-order valence-corrected chi connectivity index (χ1v) is 10.9. The number of carbonyl (C=O) groups excluding carboxylic acids is 3. The predicted octanol–water partition coefficient (Wildman–Crippen LogP) is 3.48. The molecule has 1 aromatic heterocycles. The lowest BCUT2D eigenvalue weighted by molar-refractivity contribution is -0.124. The quantitative estimate of drug-likeness (QED) is 0.515. The molecule has 1 unspecified atom stereocenters. The number of benzene rings is 2. The van der Waals surface area contributed by atoms with Crippen LogP contribution in [0.15, 0.2) is 52.9 Å². The van der Waals surface area contributed by atoms with Crippen molar-refractivity contribution in [2.45, 2.75) is 32.4 Å². The number of hydrogen-bond donors (Lipinski definition) is 2. The molecule has 4 rings (SSSR count). The summed E-state index contributed by atoms with van der Waals surface area (Å²) in [5, 5.41) is 5.69. The van der Waals surface area contributed by atoms with E-state index in [1.807, 2.05) is 12.1 Å². The minimum Gasteiger partial charge on any atom is -0.465 e. The van der Waals surface area contributed by atoms with Crippen molar-refractivity contribution in [3.8, 4) is 11.5 Å². The monoisotopic (exact) mass is 463 g/mol. The van der Waals surface area contributed by atoms with Crippen molar-refractivity contribution in [3.63, 3.8) is 0 Å². The van der Waals surface area contributed by atoms with Crippen LogP contribution >= 0.6 is 0 Å². The molecule has 1 atom stereocenters. The second kappa shape index (κ2) is 10.3. The molecule has 0 spiro atoms. The van der Waals surface area contributed by atoms with Gasteiger partial charge in [0.1, 0.15) is 17.6 Å². The minimum absolute atomic E-state index is 0.126. The zero-order valence-electron chi connectivity index (χ0n) is 18.9. The standard InChI is InChI=1S/C25H25N3O6/c1-15-20(14-26-22(29)16-7-5-8-17(13-16)25(31)32-2)28-24(34-15)18-9-3-4-10-19(18)27-23(30)21-11-6-12-33-21/h3-5,7-10,13,21H,6,11-12,14H2,1-2H3,(H,26,29)(H,27,30). The van der Waals surface area contributed by atoms with Crippen molar-refractivity contribution >= 4 is 23.5 Å². The number of carbonyl (C=O) groups is 3. The summed E-state index contributed by atoms with van der Waals surface area (Å²) in [6.07, 6.45) is 1.10. The lowest BCUT2D eigenvalue weighted by Crippen LogP contribution is -2.27. The molecule has 1 aliphatic heterocycles. The first kappa shape index (κ1) is 23.2. The van der Waals surface area contributed by atoms with Gasteiger partial charge in [-0.15, -0.1) is 0 Å². The largest absolute Gasteiger partial charge is 0.465 e. The van der Waals surface area contributed by atoms with Crippen LogP contribution in [0.3, 0.4) is 0 Å². The highest BCUT2D eigenvalue weighted by atomic mass is 16.5. The van der Waals surface area contributed by atoms with Gasteiger partial charge in [0.2, 0.25) is 5.89 Å². The maximum atomic E-state index is 12.6. The number of esters is 1. The molecule has 1 fully saturated rings. The maximum absolute atomic E-state index is 12.6. The summed E-state index contributed by atoms with van der Waals surface area (Å²) in [6, 6.07) is 13.5. The van der Waals surface area contributed by atoms with Crippen LogP contribution in [0.1, 0.15) is 45.0 Å². The molecule has 9 heteroatoms. The van der Waals surface area contributed by atoms with Crippen LogP contribution in [0.4, 0.5) is 5.69 Å². The summed E-state index contributed by atoms with van der Waals surface area (Å²) in [5.74, 6) is -0.206. The number of ether oxygens (including phenoxy) is 2. The number of methoxy groups -OCH3 is 1. The Morgan fingerprint density at radius 3 is 2.68 bits per heavy atom. The van der Waals surface area contributed by atoms with Gasteiger partial charge in [-0.3, -0.25) is 9.59 Å². The van der Waals surface area contributed by atoms with Crippen molar-refractivity contribution < 1.29 is 28.3 Å². The molecule has 1 aliphatic rings. The Hall–Kier alpha value is -3.98. The number of para-hydroxylation sites is 1. The molecule has 2 amide bonds. The van der Waals surface area contributed by atoms with Crippen LogP contribution in [-0.4, -0.2) is 42.6 Å². The number of rotatable bonds is 7. The Kier molecular flexibility index (Phi) is 7.03. The fourth-order valence-electron chi connectivity index (χ4n) is 3.65. The van der Waals surface area contributed by atoms with E-state index in [-0.39, 0.29) is 23.9 Å². The molecule has 2 heterocycles. The van der Waals surface area contributed by atoms with Crippen LogP contribution in [0, 0.1) is 6.92 Å². The van der Waals surface area contributed by atoms with Crippen molar-refractivity contribution in [1.29, 1.82) is 0 Å². The Bertz CT molecular complexity index is 1210. The lowest BCUT2D eigenvalue weighted by atomic mass is 10.1. The topological polar surface area (TPSA) is 120 Å². The van der Waals surface area contributed by atoms with Crippen molar-refractivity contribution in [3.05, 3.63) is 71.1 Å². The van der Waals surface area contributed by atoms with E-state index in [4.69, 9.17) is 13.9 Å². The SMILES string of the molecule is COC(=O)c1cccc(C(=O)NCc2nc(-c3ccccc3NC(=O)C3CCCO3)oc2C)c1. The zero-order chi connectivity index (χ0) is 24.1. The van der Waals surface area contributed by atoms with Crippen molar-refractivity contribution in [2.75, 3.05) is 19.0 Å². The molecule has 0 saturated carbocycles. The summed E-state index contributed by atoms with van der Waals surface area (Å²) in [6.45, 7) is 2.46. The molecular formula is C25H25N3O6. The summed E-state index contributed by atoms with van der Waals surface area (Å²) in [5.41, 5.74) is 2.36. The van der Waals surface area contributed by atoms with Gasteiger partial charge in [0, 0.05) is 12.2 Å². The number of amides is 2. The molecular weight excluding hydrogens is 438 g/mol. The summed E-state index contributed by atoms with van der Waals surface area (Å²) < 4.78 is 16.0. The highest BCUT2D eigenvalue weighted by Gasteiger charge is 2.25. The Morgan fingerprint density at radius 1 is 1.12 bits per heavy atom. The van der Waals surface area contributed by atoms with E-state index in [9.17, 15) is 14.4 Å². The van der Waals surface area contributed by atoms with Gasteiger partial charge in [-0.25, -0.2) is 9.78 Å². The number of nitrogens with zero attached hydrogens (tertiary/aromatic N) is 1. The third-order valence-corrected chi connectivity index (χ3v) is 5.49. The van der Waals surface area contributed by atoms with E-state index in [1.165, 1.54) is 13.2 Å². The van der Waals surface area contributed by atoms with E-state index in [0.717, 1.165) is 6.42 Å². The fraction of sp³-hybridized carbons (Fsp3) is 0.280. The van der Waals surface area contributed by atoms with Gasteiger partial charge < -0.3 is 24.5 Å². The molecule has 0 bridgehead atoms. The van der Waals surface area contributed by atoms with Crippen LogP contribution in [-0.2, 0) is 20.8 Å². The van der Waals surface area contributed by atoms with E-state index in [2.05, 4.69) is 15.6 Å². The summed E-state index contributed by atoms with van der Waals surface area (Å²) >= 11 is 0. The van der Waals surface area contributed by atoms with Crippen LogP contribution in [0.25, 0.3) is 11.5 Å². The molecule has 3 aromatic rings. The highest BCUT2D eigenvalue weighted by molar-refractivity contribution is 5.98. The van der Waals surface area contributed by atoms with Gasteiger partial charge in [-0.1, -0.05) is 18.2 Å². The maximum Gasteiger partial charge on any atom is 0.337 e. The predicted molar refractivity (Wildman–Crippen MR) is 123 cm³/mol. The smallest absolute Gasteiger partial charge is 0.337 e. The molecule has 0 radical (unpaired) electrons. The Morgan fingerprint density at radius 2 is 1.91 bits per heavy atom. The zero-order valence-corrected chi connectivity index (χ0v) is 18.9. The molecule has 0 aliphatic carbocycles. The number of anilines is 1. The van der Waals surface area contributed by atoms with E-state index < -0.39 is 12.1 Å². The van der Waals surface area contributed by atoms with Gasteiger partial charge in [-0.05, 0) is 50.1 Å². The average molecular weight is 463 g/mol. The third kappa shape index (κ3) is 5.15. The average Bonchev–Trinajstić information content (AvgIpc) is 3.52. The normalized spacial score (nSPS) is 15.1. The van der Waals surface area contributed by atoms with E-state index in [1.54, 1.807) is 37.3 Å². The van der Waals surface area contributed by atoms with Crippen LogP contribution < -0.4 is 10.6 Å². The molecule has 34 heavy (non-hydrogen) atoms. The van der Waals surface area contributed by atoms with Gasteiger partial charge >= 0.3 is 5.97 Å². The molecule has 1 saturated heterocycles. The number of aryl methyl sites for hydroxylation is 1. The Labute approximate surface area is 196 Å².